The van der Waals surface area contributed by atoms with Crippen LogP contribution in [-0.4, -0.2) is 10.1 Å². The van der Waals surface area contributed by atoms with Crippen LogP contribution in [0.5, 0.6) is 0 Å². The fourth-order valence-corrected chi connectivity index (χ4v) is 3.13. The van der Waals surface area contributed by atoms with Gasteiger partial charge in [0.25, 0.3) is 0 Å². The first-order valence-electron chi connectivity index (χ1n) is 9.26. The van der Waals surface area contributed by atoms with Crippen molar-refractivity contribution in [2.24, 2.45) is 0 Å². The monoisotopic (exact) mass is 349 g/mol. The molecule has 1 heterocycles. The minimum Gasteiger partial charge on any atom is -0.339 e. The van der Waals surface area contributed by atoms with E-state index in [-0.39, 0.29) is 6.04 Å². The van der Waals surface area contributed by atoms with Crippen molar-refractivity contribution in [1.29, 1.82) is 0 Å². The Labute approximate surface area is 155 Å². The van der Waals surface area contributed by atoms with Gasteiger partial charge in [-0.1, -0.05) is 54.5 Å². The van der Waals surface area contributed by atoms with Crippen LogP contribution in [0, 0.1) is 20.8 Å². The number of nitrogens with zero attached hydrogens (tertiary/aromatic N) is 2. The van der Waals surface area contributed by atoms with Crippen LogP contribution in [0.25, 0.3) is 0 Å². The number of hydrogen-bond acceptors (Lipinski definition) is 4. The van der Waals surface area contributed by atoms with Crippen molar-refractivity contribution in [3.63, 3.8) is 0 Å². The van der Waals surface area contributed by atoms with Gasteiger partial charge in [0.2, 0.25) is 5.89 Å². The van der Waals surface area contributed by atoms with Crippen LogP contribution >= 0.6 is 0 Å². The molecular formula is C22H27N3O. The summed E-state index contributed by atoms with van der Waals surface area (Å²) in [4.78, 5) is 4.60. The normalized spacial score (nSPS) is 12.3. The molecule has 3 aromatic rings. The summed E-state index contributed by atoms with van der Waals surface area (Å²) in [7, 11) is 0. The fraction of sp³-hybridized carbons (Fsp3) is 0.364. The predicted octanol–water partition coefficient (Wildman–Crippen LogP) is 4.83. The van der Waals surface area contributed by atoms with E-state index in [2.05, 4.69) is 67.4 Å². The summed E-state index contributed by atoms with van der Waals surface area (Å²) in [6.45, 7) is 9.34. The van der Waals surface area contributed by atoms with Gasteiger partial charge < -0.3 is 4.52 Å². The number of aryl methyl sites for hydroxylation is 4. The first kappa shape index (κ1) is 18.3. The van der Waals surface area contributed by atoms with E-state index < -0.39 is 0 Å². The van der Waals surface area contributed by atoms with E-state index in [1.807, 2.05) is 18.2 Å². The lowest BCUT2D eigenvalue weighted by atomic mass is 10.00. The molecule has 0 aliphatic carbocycles. The second-order valence-electron chi connectivity index (χ2n) is 6.88. The molecule has 1 atom stereocenters. The Hall–Kier alpha value is -2.46. The van der Waals surface area contributed by atoms with Crippen molar-refractivity contribution >= 4 is 0 Å². The minimum absolute atomic E-state index is 0.0911. The second kappa shape index (κ2) is 8.28. The number of hydrogen-bond donors (Lipinski definition) is 1. The molecule has 136 valence electrons. The molecule has 0 radical (unpaired) electrons. The van der Waals surface area contributed by atoms with Gasteiger partial charge in [0.1, 0.15) is 0 Å². The van der Waals surface area contributed by atoms with Gasteiger partial charge in [-0.05, 0) is 55.0 Å². The van der Waals surface area contributed by atoms with E-state index in [1.54, 1.807) is 0 Å². The summed E-state index contributed by atoms with van der Waals surface area (Å²) < 4.78 is 5.42. The lowest BCUT2D eigenvalue weighted by molar-refractivity contribution is 0.367. The molecule has 2 aromatic carbocycles. The summed E-state index contributed by atoms with van der Waals surface area (Å²) in [6, 6.07) is 14.7. The maximum absolute atomic E-state index is 5.42. The molecule has 26 heavy (non-hydrogen) atoms. The van der Waals surface area contributed by atoms with E-state index >= 15 is 0 Å². The first-order valence-corrected chi connectivity index (χ1v) is 9.26. The Kier molecular flexibility index (Phi) is 5.84. The van der Waals surface area contributed by atoms with Crippen LogP contribution in [0.1, 0.15) is 58.9 Å². The van der Waals surface area contributed by atoms with E-state index in [0.717, 1.165) is 24.9 Å². The summed E-state index contributed by atoms with van der Waals surface area (Å²) in [5.74, 6) is 1.40. The van der Waals surface area contributed by atoms with Gasteiger partial charge >= 0.3 is 0 Å². The average molecular weight is 349 g/mol. The van der Waals surface area contributed by atoms with Gasteiger partial charge in [-0.25, -0.2) is 0 Å². The highest BCUT2D eigenvalue weighted by Crippen LogP contribution is 2.22. The Balaban J connectivity index is 1.85. The summed E-state index contributed by atoms with van der Waals surface area (Å²) in [6.07, 6.45) is 1.80. The van der Waals surface area contributed by atoms with Crippen LogP contribution in [0.4, 0.5) is 0 Å². The maximum Gasteiger partial charge on any atom is 0.226 e. The average Bonchev–Trinajstić information content (AvgIpc) is 3.09. The molecule has 0 saturated heterocycles. The molecule has 0 aliphatic heterocycles. The third-order valence-corrected chi connectivity index (χ3v) is 4.79. The summed E-state index contributed by atoms with van der Waals surface area (Å²) in [5.41, 5.74) is 6.37. The summed E-state index contributed by atoms with van der Waals surface area (Å²) >= 11 is 0. The van der Waals surface area contributed by atoms with Crippen molar-refractivity contribution < 1.29 is 4.52 Å². The van der Waals surface area contributed by atoms with Crippen molar-refractivity contribution in [2.45, 2.75) is 53.1 Å². The van der Waals surface area contributed by atoms with Gasteiger partial charge in [0.15, 0.2) is 5.82 Å². The zero-order valence-corrected chi connectivity index (χ0v) is 16.0. The highest BCUT2D eigenvalue weighted by Gasteiger charge is 2.20. The molecule has 0 spiro atoms. The fourth-order valence-electron chi connectivity index (χ4n) is 3.13. The molecule has 0 aliphatic rings. The lowest BCUT2D eigenvalue weighted by Crippen LogP contribution is -2.23. The molecule has 4 nitrogen and oxygen atoms in total. The molecule has 1 N–H and O–H groups in total. The van der Waals surface area contributed by atoms with Crippen LogP contribution in [0.2, 0.25) is 0 Å². The Morgan fingerprint density at radius 1 is 1.00 bits per heavy atom. The molecule has 0 fully saturated rings. The number of nitrogens with one attached hydrogen (secondary N) is 1. The van der Waals surface area contributed by atoms with Gasteiger partial charge in [-0.3, -0.25) is 5.32 Å². The molecule has 3 rings (SSSR count). The Morgan fingerprint density at radius 3 is 2.46 bits per heavy atom. The molecule has 0 bridgehead atoms. The van der Waals surface area contributed by atoms with Gasteiger partial charge in [-0.2, -0.15) is 4.98 Å². The number of aromatic nitrogens is 2. The molecule has 0 saturated carbocycles. The van der Waals surface area contributed by atoms with E-state index in [0.29, 0.717) is 11.7 Å². The van der Waals surface area contributed by atoms with E-state index in [1.165, 1.54) is 22.3 Å². The van der Waals surface area contributed by atoms with Crippen molar-refractivity contribution in [2.75, 3.05) is 0 Å². The van der Waals surface area contributed by atoms with Crippen molar-refractivity contribution in [3.8, 4) is 0 Å². The number of rotatable bonds is 7. The van der Waals surface area contributed by atoms with Crippen LogP contribution < -0.4 is 5.32 Å². The molecule has 1 aromatic heterocycles. The highest BCUT2D eigenvalue weighted by atomic mass is 16.5. The Morgan fingerprint density at radius 2 is 1.73 bits per heavy atom. The van der Waals surface area contributed by atoms with Crippen LogP contribution in [0.3, 0.4) is 0 Å². The standard InChI is InChI=1S/C22H27N3O/c1-5-9-20-24-22(25-26-20)21(18-10-7-6-8-11-18)23-14-19-13-16(3)15(2)12-17(19)4/h6-8,10-13,21,23H,5,9,14H2,1-4H3. The van der Waals surface area contributed by atoms with Gasteiger partial charge in [0.05, 0.1) is 6.04 Å². The highest BCUT2D eigenvalue weighted by molar-refractivity contribution is 5.36. The van der Waals surface area contributed by atoms with Crippen molar-refractivity contribution in [3.05, 3.63) is 82.0 Å². The topological polar surface area (TPSA) is 51.0 Å². The van der Waals surface area contributed by atoms with E-state index in [9.17, 15) is 0 Å². The zero-order valence-electron chi connectivity index (χ0n) is 16.0. The third-order valence-electron chi connectivity index (χ3n) is 4.79. The largest absolute Gasteiger partial charge is 0.339 e. The number of benzene rings is 2. The Bertz CT molecular complexity index is 855. The third kappa shape index (κ3) is 4.20. The van der Waals surface area contributed by atoms with Crippen LogP contribution in [0.15, 0.2) is 47.0 Å². The smallest absolute Gasteiger partial charge is 0.226 e. The molecule has 1 unspecified atom stereocenters. The second-order valence-corrected chi connectivity index (χ2v) is 6.88. The first-order chi connectivity index (χ1) is 12.6. The quantitative estimate of drug-likeness (QED) is 0.664. The molecule has 0 amide bonds. The maximum atomic E-state index is 5.42. The predicted molar refractivity (Wildman–Crippen MR) is 104 cm³/mol. The summed E-state index contributed by atoms with van der Waals surface area (Å²) in [5, 5.41) is 7.86. The van der Waals surface area contributed by atoms with Gasteiger partial charge in [-0.15, -0.1) is 0 Å². The zero-order chi connectivity index (χ0) is 18.5. The SMILES string of the molecule is CCCc1nc(C(NCc2cc(C)c(C)cc2C)c2ccccc2)no1. The van der Waals surface area contributed by atoms with Crippen LogP contribution in [-0.2, 0) is 13.0 Å². The van der Waals surface area contributed by atoms with E-state index in [4.69, 9.17) is 4.52 Å². The van der Waals surface area contributed by atoms with Crippen molar-refractivity contribution in [1.82, 2.24) is 15.5 Å². The van der Waals surface area contributed by atoms with Gasteiger partial charge in [0, 0.05) is 13.0 Å². The molecular weight excluding hydrogens is 322 g/mol. The molecule has 4 heteroatoms. The minimum atomic E-state index is -0.0911. The lowest BCUT2D eigenvalue weighted by Gasteiger charge is -2.17.